The van der Waals surface area contributed by atoms with E-state index in [-0.39, 0.29) is 6.42 Å². The molecule has 7 heteroatoms. The fourth-order valence-corrected chi connectivity index (χ4v) is 4.32. The lowest BCUT2D eigenvalue weighted by Crippen LogP contribution is -2.40. The van der Waals surface area contributed by atoms with Crippen LogP contribution in [-0.2, 0) is 20.0 Å². The van der Waals surface area contributed by atoms with Crippen LogP contribution in [-0.4, -0.2) is 33.7 Å². The third-order valence-electron chi connectivity index (χ3n) is 4.40. The first kappa shape index (κ1) is 17.4. The van der Waals surface area contributed by atoms with Gasteiger partial charge >= 0.3 is 0 Å². The summed E-state index contributed by atoms with van der Waals surface area (Å²) >= 11 is 0. The lowest BCUT2D eigenvalue weighted by atomic mass is 9.72. The summed E-state index contributed by atoms with van der Waals surface area (Å²) in [5.41, 5.74) is 5.72. The quantitative estimate of drug-likeness (QED) is 0.826. The summed E-state index contributed by atoms with van der Waals surface area (Å²) in [5.74, 6) is -0.674. The van der Waals surface area contributed by atoms with E-state index in [0.29, 0.717) is 37.1 Å². The van der Waals surface area contributed by atoms with Gasteiger partial charge in [0.25, 0.3) is 0 Å². The van der Waals surface area contributed by atoms with Crippen molar-refractivity contribution in [2.45, 2.75) is 29.9 Å². The van der Waals surface area contributed by atoms with Gasteiger partial charge in [0.2, 0.25) is 5.91 Å². The van der Waals surface area contributed by atoms with Gasteiger partial charge in [0.1, 0.15) is 0 Å². The van der Waals surface area contributed by atoms with Crippen molar-refractivity contribution in [1.82, 2.24) is 5.32 Å². The maximum Gasteiger partial charge on any atom is 0.219 e. The number of nitrogens with one attached hydrogen (secondary N) is 1. The number of rotatable bonds is 5. The number of nitrogens with zero attached hydrogens (tertiary/aromatic N) is 1. The van der Waals surface area contributed by atoms with Crippen molar-refractivity contribution in [3.05, 3.63) is 35.4 Å². The molecule has 2 rings (SSSR count). The molecule has 1 aromatic carbocycles. The maximum absolute atomic E-state index is 12.2. The maximum atomic E-state index is 12.2. The number of primary amides is 1. The zero-order valence-electron chi connectivity index (χ0n) is 13.1. The van der Waals surface area contributed by atoms with Crippen LogP contribution in [0.5, 0.6) is 0 Å². The molecule has 23 heavy (non-hydrogen) atoms. The molecule has 0 bridgehead atoms. The fraction of sp³-hybridized carbons (Fsp3) is 0.500. The molecule has 1 atom stereocenters. The lowest BCUT2D eigenvalue weighted by molar-refractivity contribution is -0.118. The minimum atomic E-state index is -3.54. The highest BCUT2D eigenvalue weighted by molar-refractivity contribution is 7.91. The zero-order valence-corrected chi connectivity index (χ0v) is 13.9. The van der Waals surface area contributed by atoms with E-state index in [1.54, 1.807) is 24.3 Å². The number of benzene rings is 1. The predicted octanol–water partition coefficient (Wildman–Crippen LogP) is 0.792. The SMILES string of the molecule is CS(=O)(=O)C(CC(N)=O)c1ccccc1C1(C#N)CCNCC1. The van der Waals surface area contributed by atoms with Crippen LogP contribution in [0.1, 0.15) is 35.6 Å². The summed E-state index contributed by atoms with van der Waals surface area (Å²) in [6.45, 7) is 1.39. The minimum Gasteiger partial charge on any atom is -0.370 e. The first-order valence-electron chi connectivity index (χ1n) is 7.49. The van der Waals surface area contributed by atoms with Crippen molar-refractivity contribution in [1.29, 1.82) is 5.26 Å². The van der Waals surface area contributed by atoms with E-state index in [1.807, 2.05) is 0 Å². The van der Waals surface area contributed by atoms with E-state index in [0.717, 1.165) is 6.26 Å². The molecule has 0 radical (unpaired) electrons. The third-order valence-corrected chi connectivity index (χ3v) is 5.85. The molecule has 0 aromatic heterocycles. The Labute approximate surface area is 136 Å². The molecule has 1 amide bonds. The van der Waals surface area contributed by atoms with E-state index in [2.05, 4.69) is 11.4 Å². The van der Waals surface area contributed by atoms with Gasteiger partial charge in [-0.05, 0) is 37.1 Å². The Kier molecular flexibility index (Phi) is 5.07. The number of hydrogen-bond donors (Lipinski definition) is 2. The van der Waals surface area contributed by atoms with Crippen molar-refractivity contribution in [2.75, 3.05) is 19.3 Å². The minimum absolute atomic E-state index is 0.282. The van der Waals surface area contributed by atoms with E-state index in [4.69, 9.17) is 5.73 Å². The van der Waals surface area contributed by atoms with Crippen molar-refractivity contribution in [3.8, 4) is 6.07 Å². The average Bonchev–Trinajstić information content (AvgIpc) is 2.52. The first-order chi connectivity index (χ1) is 10.8. The van der Waals surface area contributed by atoms with Crippen LogP contribution in [0.15, 0.2) is 24.3 Å². The summed E-state index contributed by atoms with van der Waals surface area (Å²) in [6, 6.07) is 9.38. The van der Waals surface area contributed by atoms with E-state index < -0.39 is 26.4 Å². The Balaban J connectivity index is 2.59. The van der Waals surface area contributed by atoms with Crippen molar-refractivity contribution in [3.63, 3.8) is 0 Å². The van der Waals surface area contributed by atoms with Gasteiger partial charge in [-0.1, -0.05) is 24.3 Å². The van der Waals surface area contributed by atoms with Gasteiger partial charge in [0.05, 0.1) is 16.7 Å². The van der Waals surface area contributed by atoms with Gasteiger partial charge < -0.3 is 11.1 Å². The number of sulfone groups is 1. The normalized spacial score (nSPS) is 18.8. The number of hydrogen-bond acceptors (Lipinski definition) is 5. The molecule has 0 saturated carbocycles. The van der Waals surface area contributed by atoms with Crippen LogP contribution in [0, 0.1) is 11.3 Å². The van der Waals surface area contributed by atoms with E-state index in [1.165, 1.54) is 0 Å². The predicted molar refractivity (Wildman–Crippen MR) is 87.2 cm³/mol. The van der Waals surface area contributed by atoms with Gasteiger partial charge in [-0.25, -0.2) is 8.42 Å². The number of carbonyl (C=O) groups is 1. The zero-order chi connectivity index (χ0) is 17.1. The van der Waals surface area contributed by atoms with Crippen LogP contribution < -0.4 is 11.1 Å². The summed E-state index contributed by atoms with van der Waals surface area (Å²) in [7, 11) is -3.54. The van der Waals surface area contributed by atoms with Crippen LogP contribution >= 0.6 is 0 Å². The summed E-state index contributed by atoms with van der Waals surface area (Å²) in [4.78, 5) is 11.3. The Bertz CT molecular complexity index is 731. The van der Waals surface area contributed by atoms with Crippen LogP contribution in [0.3, 0.4) is 0 Å². The largest absolute Gasteiger partial charge is 0.370 e. The topological polar surface area (TPSA) is 113 Å². The van der Waals surface area contributed by atoms with Crippen LogP contribution in [0.4, 0.5) is 0 Å². The van der Waals surface area contributed by atoms with Gasteiger partial charge in [0, 0.05) is 12.7 Å². The molecule has 1 aliphatic heterocycles. The summed E-state index contributed by atoms with van der Waals surface area (Å²) in [6.07, 6.45) is 2.02. The molecule has 0 aliphatic carbocycles. The van der Waals surface area contributed by atoms with Crippen molar-refractivity contribution in [2.24, 2.45) is 5.73 Å². The number of nitrogens with two attached hydrogens (primary N) is 1. The van der Waals surface area contributed by atoms with Gasteiger partial charge in [0.15, 0.2) is 9.84 Å². The molecule has 6 nitrogen and oxygen atoms in total. The highest BCUT2D eigenvalue weighted by atomic mass is 32.2. The number of piperidine rings is 1. The van der Waals surface area contributed by atoms with Crippen LogP contribution in [0.25, 0.3) is 0 Å². The molecule has 1 aliphatic rings. The first-order valence-corrected chi connectivity index (χ1v) is 9.44. The third kappa shape index (κ3) is 3.71. The molecule has 0 spiro atoms. The van der Waals surface area contributed by atoms with Gasteiger partial charge in [-0.2, -0.15) is 5.26 Å². The Hall–Kier alpha value is -1.91. The Morgan fingerprint density at radius 3 is 2.52 bits per heavy atom. The number of carbonyl (C=O) groups excluding carboxylic acids is 1. The summed E-state index contributed by atoms with van der Waals surface area (Å²) in [5, 5.41) is 12.0. The standard InChI is InChI=1S/C16H21N3O3S/c1-23(21,22)14(10-15(18)20)12-4-2-3-5-13(12)16(11-17)6-8-19-9-7-16/h2-5,14,19H,6-10H2,1H3,(H2,18,20). The fourth-order valence-electron chi connectivity index (χ4n) is 3.18. The molecule has 1 unspecified atom stereocenters. The number of amides is 1. The van der Waals surface area contributed by atoms with Gasteiger partial charge in [-0.15, -0.1) is 0 Å². The second-order valence-corrected chi connectivity index (χ2v) is 8.25. The van der Waals surface area contributed by atoms with Crippen molar-refractivity contribution < 1.29 is 13.2 Å². The number of nitriles is 1. The van der Waals surface area contributed by atoms with Gasteiger partial charge in [-0.3, -0.25) is 4.79 Å². The monoisotopic (exact) mass is 335 g/mol. The smallest absolute Gasteiger partial charge is 0.219 e. The van der Waals surface area contributed by atoms with E-state index in [9.17, 15) is 18.5 Å². The van der Waals surface area contributed by atoms with Crippen molar-refractivity contribution >= 4 is 15.7 Å². The highest BCUT2D eigenvalue weighted by Gasteiger charge is 2.38. The molecular weight excluding hydrogens is 314 g/mol. The molecule has 1 saturated heterocycles. The molecule has 1 fully saturated rings. The molecule has 1 heterocycles. The molecular formula is C16H21N3O3S. The summed E-state index contributed by atoms with van der Waals surface area (Å²) < 4.78 is 24.4. The van der Waals surface area contributed by atoms with Crippen LogP contribution in [0.2, 0.25) is 0 Å². The highest BCUT2D eigenvalue weighted by Crippen LogP contribution is 2.39. The molecule has 1 aromatic rings. The molecule has 124 valence electrons. The van der Waals surface area contributed by atoms with E-state index >= 15 is 0 Å². The Morgan fingerprint density at radius 1 is 1.39 bits per heavy atom. The molecule has 3 N–H and O–H groups in total. The second kappa shape index (κ2) is 6.69. The average molecular weight is 335 g/mol. The second-order valence-electron chi connectivity index (χ2n) is 6.02. The Morgan fingerprint density at radius 2 is 2.00 bits per heavy atom. The lowest BCUT2D eigenvalue weighted by Gasteiger charge is -2.34.